The van der Waals surface area contributed by atoms with E-state index < -0.39 is 0 Å². The van der Waals surface area contributed by atoms with Gasteiger partial charge in [-0.25, -0.2) is 4.39 Å². The summed E-state index contributed by atoms with van der Waals surface area (Å²) in [5.41, 5.74) is 6.92. The molecule has 2 atom stereocenters. The van der Waals surface area contributed by atoms with E-state index in [0.29, 0.717) is 0 Å². The average molecular weight is 262 g/mol. The molecule has 0 radical (unpaired) electrons. The molecule has 1 heterocycles. The van der Waals surface area contributed by atoms with Crippen molar-refractivity contribution in [2.75, 3.05) is 0 Å². The molecule has 0 bridgehead atoms. The number of halogens is 1. The van der Waals surface area contributed by atoms with Gasteiger partial charge in [0, 0.05) is 17.1 Å². The van der Waals surface area contributed by atoms with E-state index in [0.717, 1.165) is 10.6 Å². The summed E-state index contributed by atoms with van der Waals surface area (Å²) in [5, 5.41) is 0.0213. The van der Waals surface area contributed by atoms with Gasteiger partial charge >= 0.3 is 0 Å². The molecule has 0 fully saturated rings. The summed E-state index contributed by atoms with van der Waals surface area (Å²) in [5.74, 6) is -0.232. The Balaban J connectivity index is 2.22. The van der Waals surface area contributed by atoms with E-state index in [4.69, 9.17) is 5.73 Å². The smallest absolute Gasteiger partial charge is 0.124 e. The summed E-state index contributed by atoms with van der Waals surface area (Å²) in [6.07, 6.45) is 1.75. The van der Waals surface area contributed by atoms with Crippen LogP contribution in [0.5, 0.6) is 0 Å². The van der Waals surface area contributed by atoms with Crippen LogP contribution in [0.3, 0.4) is 0 Å². The monoisotopic (exact) mass is 262 g/mol. The minimum absolute atomic E-state index is 0.0213. The quantitative estimate of drug-likeness (QED) is 0.858. The maximum absolute atomic E-state index is 13.2. The van der Waals surface area contributed by atoms with E-state index in [1.165, 1.54) is 23.9 Å². The predicted molar refractivity (Wildman–Crippen MR) is 72.9 cm³/mol. The molecule has 0 aliphatic rings. The number of hydrogen-bond acceptors (Lipinski definition) is 3. The van der Waals surface area contributed by atoms with Crippen molar-refractivity contribution in [2.45, 2.75) is 23.1 Å². The molecular formula is C14H15FN2S. The third-order valence-electron chi connectivity index (χ3n) is 2.52. The summed E-state index contributed by atoms with van der Waals surface area (Å²) in [6, 6.07) is 12.2. The minimum Gasteiger partial charge on any atom is -0.327 e. The van der Waals surface area contributed by atoms with Crippen LogP contribution >= 0.6 is 11.8 Å². The van der Waals surface area contributed by atoms with Crippen molar-refractivity contribution in [1.29, 1.82) is 0 Å². The molecule has 0 spiro atoms. The van der Waals surface area contributed by atoms with E-state index in [1.54, 1.807) is 12.3 Å². The highest BCUT2D eigenvalue weighted by atomic mass is 32.2. The van der Waals surface area contributed by atoms with Crippen LogP contribution in [0.4, 0.5) is 4.39 Å². The van der Waals surface area contributed by atoms with Crippen molar-refractivity contribution >= 4 is 11.8 Å². The number of pyridine rings is 1. The van der Waals surface area contributed by atoms with Crippen LogP contribution in [0, 0.1) is 5.82 Å². The third-order valence-corrected chi connectivity index (χ3v) is 3.97. The average Bonchev–Trinajstić information content (AvgIpc) is 2.37. The number of hydrogen-bond donors (Lipinski definition) is 1. The Morgan fingerprint density at radius 1 is 1.22 bits per heavy atom. The SMILES string of the molecule is CC(N)C(Sc1cccc(F)c1)c1ccccn1. The fourth-order valence-corrected chi connectivity index (χ4v) is 2.77. The maximum Gasteiger partial charge on any atom is 0.124 e. The third kappa shape index (κ3) is 3.31. The van der Waals surface area contributed by atoms with Gasteiger partial charge in [-0.3, -0.25) is 4.98 Å². The first-order valence-corrected chi connectivity index (χ1v) is 6.63. The highest BCUT2D eigenvalue weighted by molar-refractivity contribution is 7.99. The molecule has 1 aromatic carbocycles. The molecule has 0 aliphatic heterocycles. The molecule has 2 unspecified atom stereocenters. The Kier molecular flexibility index (Phi) is 4.33. The standard InChI is InChI=1S/C14H15FN2S/c1-10(16)14(13-7-2-3-8-17-13)18-12-6-4-5-11(15)9-12/h2-10,14H,16H2,1H3. The number of rotatable bonds is 4. The molecule has 0 amide bonds. The zero-order valence-corrected chi connectivity index (χ0v) is 10.9. The van der Waals surface area contributed by atoms with Gasteiger partial charge in [-0.2, -0.15) is 0 Å². The Morgan fingerprint density at radius 3 is 2.67 bits per heavy atom. The topological polar surface area (TPSA) is 38.9 Å². The lowest BCUT2D eigenvalue weighted by Gasteiger charge is -2.19. The van der Waals surface area contributed by atoms with Crippen LogP contribution in [-0.4, -0.2) is 11.0 Å². The van der Waals surface area contributed by atoms with E-state index in [2.05, 4.69) is 4.98 Å². The van der Waals surface area contributed by atoms with Crippen molar-refractivity contribution in [3.63, 3.8) is 0 Å². The molecule has 2 nitrogen and oxygen atoms in total. The summed E-state index contributed by atoms with van der Waals surface area (Å²) in [4.78, 5) is 5.19. The van der Waals surface area contributed by atoms with Crippen molar-refractivity contribution in [2.24, 2.45) is 5.73 Å². The van der Waals surface area contributed by atoms with Gasteiger partial charge in [0.2, 0.25) is 0 Å². The molecule has 2 aromatic rings. The molecule has 94 valence electrons. The molecule has 4 heteroatoms. The summed E-state index contributed by atoms with van der Waals surface area (Å²) >= 11 is 1.54. The zero-order chi connectivity index (χ0) is 13.0. The lowest BCUT2D eigenvalue weighted by Crippen LogP contribution is -2.23. The number of benzene rings is 1. The summed E-state index contributed by atoms with van der Waals surface area (Å²) in [6.45, 7) is 1.94. The highest BCUT2D eigenvalue weighted by Gasteiger charge is 2.18. The van der Waals surface area contributed by atoms with Gasteiger partial charge in [-0.05, 0) is 37.3 Å². The van der Waals surface area contributed by atoms with Crippen LogP contribution in [0.15, 0.2) is 53.6 Å². The van der Waals surface area contributed by atoms with Crippen LogP contribution in [0.2, 0.25) is 0 Å². The summed E-state index contributed by atoms with van der Waals surface area (Å²) < 4.78 is 13.2. The molecular weight excluding hydrogens is 247 g/mol. The number of nitrogens with two attached hydrogens (primary N) is 1. The largest absolute Gasteiger partial charge is 0.327 e. The van der Waals surface area contributed by atoms with Crippen LogP contribution in [0.1, 0.15) is 17.9 Å². The van der Waals surface area contributed by atoms with Crippen molar-refractivity contribution in [1.82, 2.24) is 4.98 Å². The van der Waals surface area contributed by atoms with Gasteiger partial charge in [-0.1, -0.05) is 12.1 Å². The van der Waals surface area contributed by atoms with Gasteiger partial charge in [0.15, 0.2) is 0 Å². The normalized spacial score (nSPS) is 14.2. The van der Waals surface area contributed by atoms with Gasteiger partial charge in [0.05, 0.1) is 10.9 Å². The second-order valence-corrected chi connectivity index (χ2v) is 5.32. The van der Waals surface area contributed by atoms with E-state index in [1.807, 2.05) is 31.2 Å². The summed E-state index contributed by atoms with van der Waals surface area (Å²) in [7, 11) is 0. The van der Waals surface area contributed by atoms with Crippen molar-refractivity contribution in [3.05, 3.63) is 60.2 Å². The Hall–Kier alpha value is -1.39. The van der Waals surface area contributed by atoms with Gasteiger partial charge in [0.25, 0.3) is 0 Å². The van der Waals surface area contributed by atoms with Crippen LogP contribution < -0.4 is 5.73 Å². The number of aromatic nitrogens is 1. The first-order chi connectivity index (χ1) is 8.66. The number of thioether (sulfide) groups is 1. The Labute approximate surface area is 110 Å². The predicted octanol–water partition coefficient (Wildman–Crippen LogP) is 3.40. The van der Waals surface area contributed by atoms with Crippen LogP contribution in [0.25, 0.3) is 0 Å². The second kappa shape index (κ2) is 5.98. The molecule has 0 saturated heterocycles. The molecule has 18 heavy (non-hydrogen) atoms. The molecule has 2 rings (SSSR count). The van der Waals surface area contributed by atoms with E-state index >= 15 is 0 Å². The van der Waals surface area contributed by atoms with Gasteiger partial charge in [-0.15, -0.1) is 11.8 Å². The first kappa shape index (κ1) is 13.1. The fourth-order valence-electron chi connectivity index (χ4n) is 1.67. The molecule has 1 aromatic heterocycles. The first-order valence-electron chi connectivity index (χ1n) is 5.75. The Morgan fingerprint density at radius 2 is 2.06 bits per heavy atom. The second-order valence-electron chi connectivity index (χ2n) is 4.11. The Bertz CT molecular complexity index is 502. The number of nitrogens with zero attached hydrogens (tertiary/aromatic N) is 1. The molecule has 0 saturated carbocycles. The maximum atomic E-state index is 13.2. The van der Waals surface area contributed by atoms with Gasteiger partial charge in [0.1, 0.15) is 5.82 Å². The lowest BCUT2D eigenvalue weighted by atomic mass is 10.2. The minimum atomic E-state index is -0.232. The molecule has 2 N–H and O–H groups in total. The van der Waals surface area contributed by atoms with Gasteiger partial charge < -0.3 is 5.73 Å². The lowest BCUT2D eigenvalue weighted by molar-refractivity contribution is 0.624. The van der Waals surface area contributed by atoms with E-state index in [9.17, 15) is 4.39 Å². The highest BCUT2D eigenvalue weighted by Crippen LogP contribution is 2.36. The fraction of sp³-hybridized carbons (Fsp3) is 0.214. The zero-order valence-electron chi connectivity index (χ0n) is 10.1. The van der Waals surface area contributed by atoms with E-state index in [-0.39, 0.29) is 17.1 Å². The van der Waals surface area contributed by atoms with Crippen molar-refractivity contribution in [3.8, 4) is 0 Å². The van der Waals surface area contributed by atoms with Crippen molar-refractivity contribution < 1.29 is 4.39 Å². The van der Waals surface area contributed by atoms with Crippen LogP contribution in [-0.2, 0) is 0 Å². The molecule has 0 aliphatic carbocycles.